The van der Waals surface area contributed by atoms with Gasteiger partial charge in [-0.05, 0) is 37.5 Å². The lowest BCUT2D eigenvalue weighted by Crippen LogP contribution is -2.42. The number of rotatable bonds is 5. The SMILES string of the molecule is CC(=O)CC1(O)C(=O)N(CCC(C)C)c2ccc(Cl)cc21. The minimum Gasteiger partial charge on any atom is -0.375 e. The zero-order valence-corrected chi connectivity index (χ0v) is 13.3. The Kier molecular flexibility index (Phi) is 4.40. The van der Waals surface area contributed by atoms with Crippen molar-refractivity contribution >= 4 is 29.0 Å². The van der Waals surface area contributed by atoms with Crippen molar-refractivity contribution in [1.82, 2.24) is 0 Å². The highest BCUT2D eigenvalue weighted by Crippen LogP contribution is 2.43. The molecule has 1 atom stereocenters. The number of amides is 1. The van der Waals surface area contributed by atoms with Crippen molar-refractivity contribution in [1.29, 1.82) is 0 Å². The molecule has 0 fully saturated rings. The van der Waals surface area contributed by atoms with E-state index in [9.17, 15) is 14.7 Å². The maximum atomic E-state index is 12.6. The number of halogens is 1. The number of carbonyl (C=O) groups is 2. The van der Waals surface area contributed by atoms with Crippen LogP contribution in [0.1, 0.15) is 39.2 Å². The number of hydrogen-bond donors (Lipinski definition) is 1. The molecule has 0 aromatic heterocycles. The van der Waals surface area contributed by atoms with Crippen LogP contribution in [0.15, 0.2) is 18.2 Å². The van der Waals surface area contributed by atoms with Gasteiger partial charge in [-0.2, -0.15) is 0 Å². The van der Waals surface area contributed by atoms with E-state index < -0.39 is 11.5 Å². The number of Topliss-reactive ketones (excluding diaryl/α,β-unsaturated/α-hetero) is 1. The molecule has 1 aromatic rings. The van der Waals surface area contributed by atoms with Crippen LogP contribution in [0.3, 0.4) is 0 Å². The first-order valence-corrected chi connectivity index (χ1v) is 7.47. The summed E-state index contributed by atoms with van der Waals surface area (Å²) in [6.45, 7) is 6.04. The Hall–Kier alpha value is -1.39. The summed E-state index contributed by atoms with van der Waals surface area (Å²) in [5.74, 6) is -0.229. The average Bonchev–Trinajstić information content (AvgIpc) is 2.56. The lowest BCUT2D eigenvalue weighted by Gasteiger charge is -2.22. The van der Waals surface area contributed by atoms with Gasteiger partial charge in [0.25, 0.3) is 5.91 Å². The van der Waals surface area contributed by atoms with Crippen molar-refractivity contribution in [2.24, 2.45) is 5.92 Å². The van der Waals surface area contributed by atoms with Gasteiger partial charge in [-0.15, -0.1) is 0 Å². The number of aliphatic hydroxyl groups is 1. The molecule has 5 heteroatoms. The van der Waals surface area contributed by atoms with Crippen LogP contribution >= 0.6 is 11.6 Å². The molecule has 0 radical (unpaired) electrons. The van der Waals surface area contributed by atoms with E-state index in [2.05, 4.69) is 13.8 Å². The molecule has 1 aliphatic heterocycles. The maximum absolute atomic E-state index is 12.6. The Morgan fingerprint density at radius 2 is 2.10 bits per heavy atom. The van der Waals surface area contributed by atoms with Crippen LogP contribution in [0.5, 0.6) is 0 Å². The number of fused-ring (bicyclic) bond motifs is 1. The van der Waals surface area contributed by atoms with Gasteiger partial charge in [0, 0.05) is 23.6 Å². The molecule has 4 nitrogen and oxygen atoms in total. The highest BCUT2D eigenvalue weighted by molar-refractivity contribution is 6.31. The first-order valence-electron chi connectivity index (χ1n) is 7.09. The second kappa shape index (κ2) is 5.78. The molecular formula is C16H20ClNO3. The van der Waals surface area contributed by atoms with E-state index in [0.29, 0.717) is 28.7 Å². The Labute approximate surface area is 129 Å². The van der Waals surface area contributed by atoms with Gasteiger partial charge >= 0.3 is 0 Å². The zero-order valence-electron chi connectivity index (χ0n) is 12.5. The molecule has 21 heavy (non-hydrogen) atoms. The largest absolute Gasteiger partial charge is 0.375 e. The third-order valence-electron chi connectivity index (χ3n) is 3.73. The zero-order chi connectivity index (χ0) is 15.8. The number of benzene rings is 1. The second-order valence-corrected chi connectivity index (χ2v) is 6.48. The summed E-state index contributed by atoms with van der Waals surface area (Å²) in [6, 6.07) is 5.00. The molecule has 0 aliphatic carbocycles. The fourth-order valence-corrected chi connectivity index (χ4v) is 2.84. The van der Waals surface area contributed by atoms with E-state index in [0.717, 1.165) is 6.42 Å². The number of carbonyl (C=O) groups excluding carboxylic acids is 2. The van der Waals surface area contributed by atoms with Gasteiger partial charge in [-0.3, -0.25) is 9.59 Å². The van der Waals surface area contributed by atoms with Gasteiger partial charge in [0.1, 0.15) is 5.78 Å². The van der Waals surface area contributed by atoms with Crippen LogP contribution < -0.4 is 4.90 Å². The third-order valence-corrected chi connectivity index (χ3v) is 3.96. The van der Waals surface area contributed by atoms with Crippen molar-refractivity contribution in [3.8, 4) is 0 Å². The van der Waals surface area contributed by atoms with Crippen molar-refractivity contribution in [3.05, 3.63) is 28.8 Å². The molecule has 0 saturated heterocycles. The predicted octanol–water partition coefficient (Wildman–Crippen LogP) is 2.90. The summed E-state index contributed by atoms with van der Waals surface area (Å²) >= 11 is 5.98. The molecule has 1 aromatic carbocycles. The molecule has 1 heterocycles. The first kappa shape index (κ1) is 16.0. The molecule has 114 valence electrons. The Morgan fingerprint density at radius 1 is 1.43 bits per heavy atom. The van der Waals surface area contributed by atoms with Crippen molar-refractivity contribution in [2.75, 3.05) is 11.4 Å². The summed E-state index contributed by atoms with van der Waals surface area (Å²) in [4.78, 5) is 25.6. The van der Waals surface area contributed by atoms with E-state index in [-0.39, 0.29) is 12.2 Å². The van der Waals surface area contributed by atoms with Crippen LogP contribution in [0.25, 0.3) is 0 Å². The third kappa shape index (κ3) is 2.97. The molecular weight excluding hydrogens is 290 g/mol. The van der Waals surface area contributed by atoms with Crippen LogP contribution in [-0.2, 0) is 15.2 Å². The fourth-order valence-electron chi connectivity index (χ4n) is 2.66. The molecule has 1 unspecified atom stereocenters. The monoisotopic (exact) mass is 309 g/mol. The molecule has 2 rings (SSSR count). The standard InChI is InChI=1S/C16H20ClNO3/c1-10(2)6-7-18-14-5-4-12(17)8-13(14)16(21,15(18)20)9-11(3)19/h4-5,8,10,21H,6-7,9H2,1-3H3. The summed E-state index contributed by atoms with van der Waals surface area (Å²) in [7, 11) is 0. The van der Waals surface area contributed by atoms with Gasteiger partial charge < -0.3 is 10.0 Å². The Bertz CT molecular complexity index is 585. The number of anilines is 1. The maximum Gasteiger partial charge on any atom is 0.264 e. The summed E-state index contributed by atoms with van der Waals surface area (Å²) in [5, 5.41) is 11.2. The van der Waals surface area contributed by atoms with Crippen molar-refractivity contribution in [2.45, 2.75) is 39.2 Å². The van der Waals surface area contributed by atoms with Gasteiger partial charge in [-0.25, -0.2) is 0 Å². The van der Waals surface area contributed by atoms with Crippen molar-refractivity contribution < 1.29 is 14.7 Å². The first-order chi connectivity index (χ1) is 9.75. The van der Waals surface area contributed by atoms with Crippen molar-refractivity contribution in [3.63, 3.8) is 0 Å². The van der Waals surface area contributed by atoms with Gasteiger partial charge in [0.2, 0.25) is 0 Å². The van der Waals surface area contributed by atoms with Crippen LogP contribution in [0.2, 0.25) is 5.02 Å². The Morgan fingerprint density at radius 3 is 2.67 bits per heavy atom. The lowest BCUT2D eigenvalue weighted by atomic mass is 9.90. The summed E-state index contributed by atoms with van der Waals surface area (Å²) < 4.78 is 0. The minimum absolute atomic E-state index is 0.225. The van der Waals surface area contributed by atoms with Crippen LogP contribution in [0, 0.1) is 5.92 Å². The molecule has 1 amide bonds. The van der Waals surface area contributed by atoms with Gasteiger partial charge in [-0.1, -0.05) is 25.4 Å². The topological polar surface area (TPSA) is 57.6 Å². The molecule has 1 N–H and O–H groups in total. The smallest absolute Gasteiger partial charge is 0.264 e. The highest BCUT2D eigenvalue weighted by Gasteiger charge is 2.50. The quantitative estimate of drug-likeness (QED) is 0.910. The fraction of sp³-hybridized carbons (Fsp3) is 0.500. The number of hydrogen-bond acceptors (Lipinski definition) is 3. The predicted molar refractivity (Wildman–Crippen MR) is 82.5 cm³/mol. The normalized spacial score (nSPS) is 21.0. The number of ketones is 1. The second-order valence-electron chi connectivity index (χ2n) is 6.04. The highest BCUT2D eigenvalue weighted by atomic mass is 35.5. The van der Waals surface area contributed by atoms with Crippen LogP contribution in [0.4, 0.5) is 5.69 Å². The minimum atomic E-state index is -1.79. The molecule has 0 saturated carbocycles. The molecule has 0 spiro atoms. The van der Waals surface area contributed by atoms with Crippen LogP contribution in [-0.4, -0.2) is 23.3 Å². The summed E-state index contributed by atoms with van der Waals surface area (Å²) in [6.07, 6.45) is 0.599. The van der Waals surface area contributed by atoms with E-state index in [1.165, 1.54) is 6.92 Å². The van der Waals surface area contributed by atoms with Gasteiger partial charge in [0.15, 0.2) is 5.60 Å². The molecule has 1 aliphatic rings. The lowest BCUT2D eigenvalue weighted by molar-refractivity contribution is -0.141. The summed E-state index contributed by atoms with van der Waals surface area (Å²) in [5.41, 5.74) is -0.712. The number of nitrogens with zero attached hydrogens (tertiary/aromatic N) is 1. The van der Waals surface area contributed by atoms with Gasteiger partial charge in [0.05, 0.1) is 5.69 Å². The van der Waals surface area contributed by atoms with E-state index in [1.54, 1.807) is 23.1 Å². The Balaban J connectivity index is 2.45. The average molecular weight is 310 g/mol. The van der Waals surface area contributed by atoms with E-state index in [4.69, 9.17) is 11.6 Å². The van der Waals surface area contributed by atoms with E-state index in [1.807, 2.05) is 0 Å². The van der Waals surface area contributed by atoms with E-state index >= 15 is 0 Å². The molecule has 0 bridgehead atoms.